The van der Waals surface area contributed by atoms with Crippen molar-refractivity contribution in [3.63, 3.8) is 0 Å². The number of hydrogen-bond donors (Lipinski definition) is 1. The van der Waals surface area contributed by atoms with E-state index in [-0.39, 0.29) is 44.3 Å². The summed E-state index contributed by atoms with van der Waals surface area (Å²) in [5.41, 5.74) is 3.34. The summed E-state index contributed by atoms with van der Waals surface area (Å²) in [6.07, 6.45) is -0.429. The van der Waals surface area contributed by atoms with Gasteiger partial charge in [0.25, 0.3) is 5.91 Å². The number of hydrogen-bond acceptors (Lipinski definition) is 8. The number of likely N-dealkylation sites (N-methyl/N-ethyl adjacent to an activating group) is 1. The smallest absolute Gasteiger partial charge is 0.410 e. The van der Waals surface area contributed by atoms with Crippen LogP contribution < -0.4 is 19.7 Å². The van der Waals surface area contributed by atoms with E-state index >= 15 is 0 Å². The molecule has 2 aliphatic heterocycles. The third-order valence-electron chi connectivity index (χ3n) is 7.23. The van der Waals surface area contributed by atoms with Crippen molar-refractivity contribution in [2.45, 2.75) is 66.3 Å². The third kappa shape index (κ3) is 7.64. The van der Waals surface area contributed by atoms with Crippen LogP contribution in [0.3, 0.4) is 0 Å². The van der Waals surface area contributed by atoms with Crippen LogP contribution in [-0.2, 0) is 27.4 Å². The van der Waals surface area contributed by atoms with Crippen molar-refractivity contribution >= 4 is 23.6 Å². The highest BCUT2D eigenvalue weighted by Crippen LogP contribution is 2.38. The van der Waals surface area contributed by atoms with Crippen molar-refractivity contribution in [3.8, 4) is 11.5 Å². The summed E-state index contributed by atoms with van der Waals surface area (Å²) >= 11 is 0. The van der Waals surface area contributed by atoms with E-state index in [1.54, 1.807) is 21.9 Å². The van der Waals surface area contributed by atoms with Gasteiger partial charge < -0.3 is 29.3 Å². The highest BCUT2D eigenvalue weighted by atomic mass is 16.7. The molecule has 0 fully saturated rings. The Bertz CT molecular complexity index is 1280. The van der Waals surface area contributed by atoms with Crippen LogP contribution in [0.1, 0.15) is 51.3 Å². The first-order valence-electron chi connectivity index (χ1n) is 14.3. The fourth-order valence-electron chi connectivity index (χ4n) is 4.98. The van der Waals surface area contributed by atoms with Gasteiger partial charge in [0.05, 0.1) is 13.1 Å². The summed E-state index contributed by atoms with van der Waals surface area (Å²) in [5, 5.41) is 6.53. The Morgan fingerprint density at radius 2 is 1.64 bits per heavy atom. The van der Waals surface area contributed by atoms with E-state index < -0.39 is 11.7 Å². The molecule has 0 radical (unpaired) electrons. The van der Waals surface area contributed by atoms with Gasteiger partial charge in [0.1, 0.15) is 5.60 Å². The molecule has 3 amide bonds. The van der Waals surface area contributed by atoms with Crippen LogP contribution in [0.5, 0.6) is 11.5 Å². The molecule has 4 rings (SSSR count). The van der Waals surface area contributed by atoms with E-state index in [1.807, 2.05) is 70.8 Å². The molecule has 42 heavy (non-hydrogen) atoms. The number of aryl methyl sites for hydroxylation is 1. The number of hydrazine groups is 1. The standard InChI is InChI=1S/C31H43N5O6/c1-21(2)36(30(39)42-31(4,5)6)13-12-32-28(37)18-34(25-15-27-26(14-22(25)3)40-20-41-27)19-29(38)33(7)35-16-23-10-8-9-11-24(23)17-35/h8-11,14-15,21H,12-13,16-20H2,1-7H3,(H,32,37). The average molecular weight is 582 g/mol. The van der Waals surface area contributed by atoms with Crippen LogP contribution in [0, 0.1) is 6.92 Å². The van der Waals surface area contributed by atoms with Gasteiger partial charge in [-0.05, 0) is 64.3 Å². The predicted molar refractivity (Wildman–Crippen MR) is 159 cm³/mol. The number of fused-ring (bicyclic) bond motifs is 2. The van der Waals surface area contributed by atoms with E-state index in [9.17, 15) is 14.4 Å². The first-order chi connectivity index (χ1) is 19.8. The molecule has 1 N–H and O–H groups in total. The van der Waals surface area contributed by atoms with E-state index in [0.717, 1.165) is 5.56 Å². The van der Waals surface area contributed by atoms with E-state index in [1.165, 1.54) is 11.1 Å². The second kappa shape index (κ2) is 12.9. The third-order valence-corrected chi connectivity index (χ3v) is 7.23. The summed E-state index contributed by atoms with van der Waals surface area (Å²) in [6.45, 7) is 13.0. The van der Waals surface area contributed by atoms with Gasteiger partial charge in [-0.1, -0.05) is 24.3 Å². The number of carbonyl (C=O) groups excluding carboxylic acids is 3. The number of nitrogens with one attached hydrogen (secondary N) is 1. The van der Waals surface area contributed by atoms with Crippen LogP contribution in [0.4, 0.5) is 10.5 Å². The first kappa shape index (κ1) is 31.0. The Balaban J connectivity index is 1.43. The largest absolute Gasteiger partial charge is 0.454 e. The minimum atomic E-state index is -0.617. The normalized spacial score (nSPS) is 14.0. The highest BCUT2D eigenvalue weighted by molar-refractivity contribution is 5.87. The van der Waals surface area contributed by atoms with Gasteiger partial charge >= 0.3 is 6.09 Å². The Labute approximate surface area is 248 Å². The van der Waals surface area contributed by atoms with Crippen molar-refractivity contribution in [1.82, 2.24) is 20.2 Å². The fourth-order valence-corrected chi connectivity index (χ4v) is 4.98. The van der Waals surface area contributed by atoms with Crippen molar-refractivity contribution in [1.29, 1.82) is 0 Å². The SMILES string of the molecule is Cc1cc2c(cc1N(CC(=O)NCCN(C(=O)OC(C)(C)C)C(C)C)CC(=O)N(C)N1Cc3ccccc3C1)OCO2. The molecule has 0 atom stereocenters. The lowest BCUT2D eigenvalue weighted by atomic mass is 10.1. The zero-order valence-electron chi connectivity index (χ0n) is 25.7. The highest BCUT2D eigenvalue weighted by Gasteiger charge is 2.28. The van der Waals surface area contributed by atoms with Gasteiger partial charge in [-0.3, -0.25) is 14.6 Å². The first-order valence-corrected chi connectivity index (χ1v) is 14.3. The number of ether oxygens (including phenoxy) is 3. The van der Waals surface area contributed by atoms with Gasteiger partial charge in [0, 0.05) is 51.0 Å². The van der Waals surface area contributed by atoms with Crippen molar-refractivity contribution in [2.24, 2.45) is 0 Å². The average Bonchev–Trinajstić information content (AvgIpc) is 3.55. The second-order valence-electron chi connectivity index (χ2n) is 12.0. The molecule has 2 aliphatic rings. The van der Waals surface area contributed by atoms with Crippen LogP contribution in [0.25, 0.3) is 0 Å². The lowest BCUT2D eigenvalue weighted by Gasteiger charge is -2.32. The van der Waals surface area contributed by atoms with Crippen molar-refractivity contribution in [2.75, 3.05) is 44.9 Å². The minimum Gasteiger partial charge on any atom is -0.454 e. The minimum absolute atomic E-state index is 0.0206. The Morgan fingerprint density at radius 1 is 1.02 bits per heavy atom. The zero-order chi connectivity index (χ0) is 30.6. The van der Waals surface area contributed by atoms with E-state index in [0.29, 0.717) is 36.8 Å². The molecule has 0 unspecified atom stereocenters. The Kier molecular flexibility index (Phi) is 9.50. The molecule has 0 spiro atoms. The maximum atomic E-state index is 13.6. The topological polar surface area (TPSA) is 104 Å². The second-order valence-corrected chi connectivity index (χ2v) is 12.0. The number of nitrogens with zero attached hydrogens (tertiary/aromatic N) is 4. The summed E-state index contributed by atoms with van der Waals surface area (Å²) in [7, 11) is 1.76. The molecule has 0 saturated heterocycles. The van der Waals surface area contributed by atoms with Crippen LogP contribution >= 0.6 is 0 Å². The fraction of sp³-hybridized carbons (Fsp3) is 0.516. The molecule has 0 saturated carbocycles. The Hall–Kier alpha value is -3.99. The molecule has 11 nitrogen and oxygen atoms in total. The molecular formula is C31H43N5O6. The molecule has 2 heterocycles. The molecular weight excluding hydrogens is 538 g/mol. The maximum absolute atomic E-state index is 13.6. The van der Waals surface area contributed by atoms with Crippen molar-refractivity contribution < 1.29 is 28.6 Å². The van der Waals surface area contributed by atoms with Crippen LogP contribution in [0.15, 0.2) is 36.4 Å². The maximum Gasteiger partial charge on any atom is 0.410 e. The lowest BCUT2D eigenvalue weighted by Crippen LogP contribution is -2.49. The van der Waals surface area contributed by atoms with Gasteiger partial charge in [0.2, 0.25) is 12.7 Å². The number of amides is 3. The van der Waals surface area contributed by atoms with Gasteiger partial charge in [0.15, 0.2) is 11.5 Å². The summed E-state index contributed by atoms with van der Waals surface area (Å²) in [5.74, 6) is 0.782. The quantitative estimate of drug-likeness (QED) is 0.453. The van der Waals surface area contributed by atoms with E-state index in [4.69, 9.17) is 14.2 Å². The van der Waals surface area contributed by atoms with Gasteiger partial charge in [-0.2, -0.15) is 0 Å². The summed E-state index contributed by atoms with van der Waals surface area (Å²) in [6, 6.07) is 11.7. The summed E-state index contributed by atoms with van der Waals surface area (Å²) in [4.78, 5) is 42.7. The molecule has 2 aromatic rings. The van der Waals surface area contributed by atoms with Crippen molar-refractivity contribution in [3.05, 3.63) is 53.1 Å². The molecule has 0 aliphatic carbocycles. The van der Waals surface area contributed by atoms with E-state index in [2.05, 4.69) is 17.4 Å². The summed E-state index contributed by atoms with van der Waals surface area (Å²) < 4.78 is 16.6. The molecule has 2 aromatic carbocycles. The molecule has 228 valence electrons. The zero-order valence-corrected chi connectivity index (χ0v) is 25.7. The molecule has 0 bridgehead atoms. The lowest BCUT2D eigenvalue weighted by molar-refractivity contribution is -0.145. The number of anilines is 1. The monoisotopic (exact) mass is 581 g/mol. The number of rotatable bonds is 10. The van der Waals surface area contributed by atoms with Gasteiger partial charge in [-0.25, -0.2) is 9.80 Å². The van der Waals surface area contributed by atoms with Crippen LogP contribution in [-0.4, -0.2) is 84.5 Å². The number of benzene rings is 2. The molecule has 11 heteroatoms. The molecule has 0 aromatic heterocycles. The van der Waals surface area contributed by atoms with Gasteiger partial charge in [-0.15, -0.1) is 0 Å². The predicted octanol–water partition coefficient (Wildman–Crippen LogP) is 3.68. The Morgan fingerprint density at radius 3 is 2.24 bits per heavy atom. The van der Waals surface area contributed by atoms with Crippen LogP contribution in [0.2, 0.25) is 0 Å². The number of carbonyl (C=O) groups is 3.